The molecule has 0 bridgehead atoms. The molecule has 32 heavy (non-hydrogen) atoms. The van der Waals surface area contributed by atoms with Gasteiger partial charge in [-0.2, -0.15) is 5.10 Å². The molecule has 7 heteroatoms. The molecule has 5 nitrogen and oxygen atoms in total. The van der Waals surface area contributed by atoms with E-state index >= 15 is 4.39 Å². The summed E-state index contributed by atoms with van der Waals surface area (Å²) in [5, 5.41) is 14.8. The first-order valence-electron chi connectivity index (χ1n) is 12.3. The highest BCUT2D eigenvalue weighted by Gasteiger charge is 2.63. The van der Waals surface area contributed by atoms with Crippen LogP contribution < -0.4 is 0 Å². The van der Waals surface area contributed by atoms with E-state index in [-0.39, 0.29) is 35.5 Å². The third-order valence-electron chi connectivity index (χ3n) is 9.96. The van der Waals surface area contributed by atoms with E-state index in [1.54, 1.807) is 23.3 Å². The van der Waals surface area contributed by atoms with Crippen LogP contribution in [0.3, 0.4) is 0 Å². The highest BCUT2D eigenvalue weighted by Crippen LogP contribution is 2.66. The molecule has 4 aliphatic rings. The van der Waals surface area contributed by atoms with Gasteiger partial charge in [0.05, 0.1) is 34.0 Å². The Morgan fingerprint density at radius 2 is 1.97 bits per heavy atom. The maximum Gasteiger partial charge on any atom is 0.157 e. The van der Waals surface area contributed by atoms with E-state index in [1.165, 1.54) is 0 Å². The van der Waals surface area contributed by atoms with E-state index in [0.29, 0.717) is 36.0 Å². The van der Waals surface area contributed by atoms with Gasteiger partial charge in [0.15, 0.2) is 5.78 Å². The topological polar surface area (TPSA) is 72.2 Å². The van der Waals surface area contributed by atoms with Crippen molar-refractivity contribution in [1.82, 2.24) is 9.78 Å². The summed E-state index contributed by atoms with van der Waals surface area (Å²) in [6, 6.07) is 0. The zero-order valence-corrected chi connectivity index (χ0v) is 20.4. The number of hydrogen-bond donors (Lipinski definition) is 1. The number of nitrogens with zero attached hydrogens (tertiary/aromatic N) is 2. The van der Waals surface area contributed by atoms with Crippen LogP contribution in [0.5, 0.6) is 0 Å². The molecule has 0 amide bonds. The maximum absolute atomic E-state index is 16.5. The monoisotopic (exact) mass is 464 g/mol. The maximum atomic E-state index is 16.5. The number of carbonyl (C=O) groups excluding carboxylic acids is 1. The van der Waals surface area contributed by atoms with E-state index in [1.807, 2.05) is 6.92 Å². The van der Waals surface area contributed by atoms with Crippen molar-refractivity contribution in [2.24, 2.45) is 35.0 Å². The average Bonchev–Trinajstić information content (AvgIpc) is 3.32. The van der Waals surface area contributed by atoms with Crippen LogP contribution in [0.25, 0.3) is 0 Å². The molecule has 0 radical (unpaired) electrons. The lowest BCUT2D eigenvalue weighted by Gasteiger charge is -2.59. The lowest BCUT2D eigenvalue weighted by atomic mass is 9.48. The van der Waals surface area contributed by atoms with E-state index in [4.69, 9.17) is 0 Å². The Hall–Kier alpha value is -1.08. The Morgan fingerprint density at radius 3 is 2.69 bits per heavy atom. The SMILES string of the molecule is CS(=O)c1cnn(CC(=O)[C@H]2CC[C@H]3[C@@H]4CC[C@@H]5C[C@](C)(O)CC[C@]5(F)[C@H]4CC[C@]23C)c1. The molecular formula is C25H37FN2O3S. The third-order valence-corrected chi connectivity index (χ3v) is 10.8. The van der Waals surface area contributed by atoms with Gasteiger partial charge in [-0.15, -0.1) is 0 Å². The van der Waals surface area contributed by atoms with E-state index in [2.05, 4.69) is 12.0 Å². The Balaban J connectivity index is 1.32. The van der Waals surface area contributed by atoms with Crippen LogP contribution >= 0.6 is 0 Å². The number of aliphatic hydroxyl groups is 1. The predicted octanol–water partition coefficient (Wildman–Crippen LogP) is 4.30. The molecule has 4 saturated carbocycles. The van der Waals surface area contributed by atoms with E-state index in [9.17, 15) is 14.1 Å². The molecule has 4 fully saturated rings. The van der Waals surface area contributed by atoms with Gasteiger partial charge in [-0.3, -0.25) is 13.7 Å². The molecule has 1 aromatic rings. The Kier molecular flexibility index (Phi) is 5.48. The summed E-state index contributed by atoms with van der Waals surface area (Å²) in [6.07, 6.45) is 12.1. The quantitative estimate of drug-likeness (QED) is 0.721. The molecule has 0 spiro atoms. The predicted molar refractivity (Wildman–Crippen MR) is 121 cm³/mol. The van der Waals surface area contributed by atoms with Crippen molar-refractivity contribution in [3.8, 4) is 0 Å². The standard InChI is InChI=1S/C25H37FN2O3S/c1-23(30)10-11-25(26)16(12-23)4-5-18-19-6-7-21(24(19,2)9-8-20(18)25)22(29)15-28-14-17(13-27-28)32(3)31/h13-14,16,18-21,30H,4-12,15H2,1-3H3/t16-,18+,19+,20+,21-,23-,24+,25-,32?/m1/s1. The number of carbonyl (C=O) groups is 1. The minimum Gasteiger partial charge on any atom is -0.390 e. The number of halogens is 1. The summed E-state index contributed by atoms with van der Waals surface area (Å²) in [5.74, 6) is 1.03. The molecular weight excluding hydrogens is 427 g/mol. The number of Topliss-reactive ketones (excluding diaryl/α,β-unsaturated/α-hetero) is 1. The van der Waals surface area contributed by atoms with Gasteiger partial charge >= 0.3 is 0 Å². The van der Waals surface area contributed by atoms with Crippen LogP contribution in [0, 0.1) is 35.0 Å². The lowest BCUT2D eigenvalue weighted by Crippen LogP contribution is -2.58. The van der Waals surface area contributed by atoms with Gasteiger partial charge in [-0.1, -0.05) is 6.92 Å². The van der Waals surface area contributed by atoms with Gasteiger partial charge in [0.25, 0.3) is 0 Å². The Morgan fingerprint density at radius 1 is 1.19 bits per heavy atom. The van der Waals surface area contributed by atoms with Crippen LogP contribution in [-0.2, 0) is 22.1 Å². The van der Waals surface area contributed by atoms with Crippen molar-refractivity contribution in [3.05, 3.63) is 12.4 Å². The normalized spacial score (nSPS) is 46.7. The number of fused-ring (bicyclic) bond motifs is 5. The minimum absolute atomic E-state index is 0.00593. The molecule has 0 aliphatic heterocycles. The van der Waals surface area contributed by atoms with Crippen LogP contribution in [0.1, 0.15) is 71.6 Å². The summed E-state index contributed by atoms with van der Waals surface area (Å²) >= 11 is 0. The van der Waals surface area contributed by atoms with Crippen LogP contribution in [0.15, 0.2) is 17.3 Å². The summed E-state index contributed by atoms with van der Waals surface area (Å²) in [5.41, 5.74) is -1.93. The number of hydrogen-bond acceptors (Lipinski definition) is 4. The van der Waals surface area contributed by atoms with Crippen molar-refractivity contribution < 1.29 is 18.5 Å². The van der Waals surface area contributed by atoms with Crippen LogP contribution in [-0.4, -0.2) is 42.4 Å². The molecule has 1 aromatic heterocycles. The summed E-state index contributed by atoms with van der Waals surface area (Å²) < 4.78 is 29.8. The second-order valence-corrected chi connectivity index (χ2v) is 13.1. The Bertz CT molecular complexity index is 932. The fourth-order valence-corrected chi connectivity index (χ4v) is 8.82. The number of rotatable bonds is 4. The molecule has 1 N–H and O–H groups in total. The van der Waals surface area contributed by atoms with Gasteiger partial charge < -0.3 is 5.11 Å². The molecule has 4 aliphatic carbocycles. The van der Waals surface area contributed by atoms with E-state index < -0.39 is 22.1 Å². The third kappa shape index (κ3) is 3.53. The van der Waals surface area contributed by atoms with Crippen molar-refractivity contribution >= 4 is 16.6 Å². The summed E-state index contributed by atoms with van der Waals surface area (Å²) in [7, 11) is -1.10. The highest BCUT2D eigenvalue weighted by atomic mass is 32.2. The number of alkyl halides is 1. The van der Waals surface area contributed by atoms with Gasteiger partial charge in [-0.25, -0.2) is 4.39 Å². The first-order chi connectivity index (χ1) is 15.0. The molecule has 1 heterocycles. The zero-order chi connectivity index (χ0) is 22.9. The molecule has 5 rings (SSSR count). The average molecular weight is 465 g/mol. The number of ketones is 1. The first kappa shape index (κ1) is 22.7. The largest absolute Gasteiger partial charge is 0.390 e. The highest BCUT2D eigenvalue weighted by molar-refractivity contribution is 7.84. The first-order valence-corrected chi connectivity index (χ1v) is 13.9. The van der Waals surface area contributed by atoms with Crippen molar-refractivity contribution in [1.29, 1.82) is 0 Å². The smallest absolute Gasteiger partial charge is 0.157 e. The minimum atomic E-state index is -1.14. The molecule has 1 unspecified atom stereocenters. The fourth-order valence-electron chi connectivity index (χ4n) is 8.36. The summed E-state index contributed by atoms with van der Waals surface area (Å²) in [6.45, 7) is 4.37. The van der Waals surface area contributed by atoms with Gasteiger partial charge in [-0.05, 0) is 93.8 Å². The van der Waals surface area contributed by atoms with Crippen molar-refractivity contribution in [2.45, 2.75) is 94.3 Å². The van der Waals surface area contributed by atoms with Crippen LogP contribution in [0.2, 0.25) is 0 Å². The van der Waals surface area contributed by atoms with Gasteiger partial charge in [0.2, 0.25) is 0 Å². The van der Waals surface area contributed by atoms with Crippen LogP contribution in [0.4, 0.5) is 4.39 Å². The molecule has 178 valence electrons. The molecule has 0 saturated heterocycles. The van der Waals surface area contributed by atoms with Crippen molar-refractivity contribution in [2.75, 3.05) is 6.26 Å². The van der Waals surface area contributed by atoms with E-state index in [0.717, 1.165) is 38.5 Å². The van der Waals surface area contributed by atoms with Gasteiger partial charge in [0, 0.05) is 18.4 Å². The zero-order valence-electron chi connectivity index (χ0n) is 19.6. The fraction of sp³-hybridized carbons (Fsp3) is 0.840. The number of aromatic nitrogens is 2. The molecule has 9 atom stereocenters. The van der Waals surface area contributed by atoms with Gasteiger partial charge in [0.1, 0.15) is 5.67 Å². The lowest BCUT2D eigenvalue weighted by molar-refractivity contribution is -0.166. The summed E-state index contributed by atoms with van der Waals surface area (Å²) in [4.78, 5) is 14.0. The van der Waals surface area contributed by atoms with Crippen molar-refractivity contribution in [3.63, 3.8) is 0 Å². The second-order valence-electron chi connectivity index (χ2n) is 11.7. The molecule has 0 aromatic carbocycles. The second kappa shape index (κ2) is 7.72. The Labute approximate surface area is 193 Å².